The highest BCUT2D eigenvalue weighted by molar-refractivity contribution is 5.96. The predicted octanol–water partition coefficient (Wildman–Crippen LogP) is 1.78. The number of pyridine rings is 2. The molecule has 1 fully saturated rings. The van der Waals surface area contributed by atoms with Crippen LogP contribution in [-0.2, 0) is 13.0 Å². The lowest BCUT2D eigenvalue weighted by Gasteiger charge is -2.17. The molecule has 0 aliphatic carbocycles. The zero-order valence-electron chi connectivity index (χ0n) is 16.5. The van der Waals surface area contributed by atoms with Gasteiger partial charge in [-0.2, -0.15) is 4.98 Å². The van der Waals surface area contributed by atoms with E-state index in [1.54, 1.807) is 18.6 Å². The van der Waals surface area contributed by atoms with Gasteiger partial charge in [0.25, 0.3) is 5.91 Å². The highest BCUT2D eigenvalue weighted by Gasteiger charge is 2.19. The molecule has 1 aliphatic heterocycles. The molecule has 4 rings (SSSR count). The average Bonchev–Trinajstić information content (AvgIpc) is 3.29. The van der Waals surface area contributed by atoms with Crippen LogP contribution in [0.1, 0.15) is 35.8 Å². The molecule has 8 heteroatoms. The SMILES string of the molecule is CCn1cc(C(=O)NCCc2ccccn2)c(=O)c2cnc(N3CCCC3)nc21. The van der Waals surface area contributed by atoms with Crippen LogP contribution in [0.3, 0.4) is 0 Å². The van der Waals surface area contributed by atoms with Crippen molar-refractivity contribution in [3.8, 4) is 0 Å². The Morgan fingerprint density at radius 1 is 1.21 bits per heavy atom. The molecule has 0 bridgehead atoms. The normalized spacial score (nSPS) is 13.8. The van der Waals surface area contributed by atoms with Gasteiger partial charge in [0, 0.05) is 56.9 Å². The Morgan fingerprint density at radius 3 is 2.76 bits per heavy atom. The summed E-state index contributed by atoms with van der Waals surface area (Å²) in [5.41, 5.74) is 1.23. The number of amides is 1. The quantitative estimate of drug-likeness (QED) is 0.687. The summed E-state index contributed by atoms with van der Waals surface area (Å²) in [6.45, 7) is 4.83. The van der Waals surface area contributed by atoms with E-state index in [0.717, 1.165) is 31.6 Å². The van der Waals surface area contributed by atoms with Crippen LogP contribution in [-0.4, -0.2) is 45.1 Å². The molecular weight excluding hydrogens is 368 g/mol. The van der Waals surface area contributed by atoms with E-state index in [4.69, 9.17) is 0 Å². The number of hydrogen-bond acceptors (Lipinski definition) is 6. The molecule has 8 nitrogen and oxygen atoms in total. The molecule has 0 atom stereocenters. The third kappa shape index (κ3) is 3.96. The summed E-state index contributed by atoms with van der Waals surface area (Å²) in [5, 5.41) is 3.19. The van der Waals surface area contributed by atoms with E-state index in [0.29, 0.717) is 36.5 Å². The van der Waals surface area contributed by atoms with Gasteiger partial charge >= 0.3 is 0 Å². The second kappa shape index (κ2) is 8.38. The lowest BCUT2D eigenvalue weighted by molar-refractivity contribution is 0.0952. The minimum atomic E-state index is -0.390. The van der Waals surface area contributed by atoms with Crippen LogP contribution in [0.2, 0.25) is 0 Å². The van der Waals surface area contributed by atoms with Gasteiger partial charge in [0.05, 0.1) is 5.39 Å². The van der Waals surface area contributed by atoms with Gasteiger partial charge in [-0.3, -0.25) is 14.6 Å². The van der Waals surface area contributed by atoms with E-state index in [2.05, 4.69) is 25.2 Å². The van der Waals surface area contributed by atoms with Crippen LogP contribution in [0.15, 0.2) is 41.6 Å². The Hall–Kier alpha value is -3.29. The Labute approximate surface area is 168 Å². The summed E-state index contributed by atoms with van der Waals surface area (Å²) in [7, 11) is 0. The second-order valence-electron chi connectivity index (χ2n) is 7.09. The maximum Gasteiger partial charge on any atom is 0.256 e. The topological polar surface area (TPSA) is 93.0 Å². The van der Waals surface area contributed by atoms with Crippen LogP contribution in [0.4, 0.5) is 5.95 Å². The molecule has 0 unspecified atom stereocenters. The van der Waals surface area contributed by atoms with E-state index in [9.17, 15) is 9.59 Å². The van der Waals surface area contributed by atoms with Crippen molar-refractivity contribution in [3.63, 3.8) is 0 Å². The van der Waals surface area contributed by atoms with Crippen LogP contribution in [0, 0.1) is 0 Å². The molecule has 3 aromatic rings. The third-order valence-electron chi connectivity index (χ3n) is 5.17. The molecule has 0 aromatic carbocycles. The Bertz CT molecular complexity index is 1070. The van der Waals surface area contributed by atoms with E-state index in [1.807, 2.05) is 29.7 Å². The van der Waals surface area contributed by atoms with Crippen LogP contribution < -0.4 is 15.6 Å². The maximum absolute atomic E-state index is 12.9. The van der Waals surface area contributed by atoms with Crippen LogP contribution >= 0.6 is 0 Å². The fourth-order valence-electron chi connectivity index (χ4n) is 3.58. The number of carbonyl (C=O) groups excluding carboxylic acids is 1. The van der Waals surface area contributed by atoms with Crippen molar-refractivity contribution in [2.24, 2.45) is 0 Å². The number of aromatic nitrogens is 4. The van der Waals surface area contributed by atoms with Crippen molar-refractivity contribution >= 4 is 22.9 Å². The third-order valence-corrected chi connectivity index (χ3v) is 5.17. The number of nitrogens with one attached hydrogen (secondary N) is 1. The first-order chi connectivity index (χ1) is 14.2. The van der Waals surface area contributed by atoms with Crippen molar-refractivity contribution < 1.29 is 4.79 Å². The fraction of sp³-hybridized carbons (Fsp3) is 0.381. The zero-order chi connectivity index (χ0) is 20.2. The van der Waals surface area contributed by atoms with E-state index >= 15 is 0 Å². The molecular formula is C21H24N6O2. The van der Waals surface area contributed by atoms with Crippen LogP contribution in [0.25, 0.3) is 11.0 Å². The summed E-state index contributed by atoms with van der Waals surface area (Å²) in [5.74, 6) is 0.253. The minimum Gasteiger partial charge on any atom is -0.351 e. The summed E-state index contributed by atoms with van der Waals surface area (Å²) in [6, 6.07) is 5.66. The molecule has 150 valence electrons. The Balaban J connectivity index is 1.59. The monoisotopic (exact) mass is 392 g/mol. The van der Waals surface area contributed by atoms with Gasteiger partial charge in [-0.1, -0.05) is 6.07 Å². The number of nitrogens with zero attached hydrogens (tertiary/aromatic N) is 5. The average molecular weight is 392 g/mol. The summed E-state index contributed by atoms with van der Waals surface area (Å²) < 4.78 is 1.84. The van der Waals surface area contributed by atoms with Crippen molar-refractivity contribution in [2.75, 3.05) is 24.5 Å². The summed E-state index contributed by atoms with van der Waals surface area (Å²) in [4.78, 5) is 41.0. The van der Waals surface area contributed by atoms with E-state index in [-0.39, 0.29) is 11.0 Å². The molecule has 29 heavy (non-hydrogen) atoms. The zero-order valence-corrected chi connectivity index (χ0v) is 16.5. The molecule has 0 spiro atoms. The van der Waals surface area contributed by atoms with E-state index < -0.39 is 5.91 Å². The highest BCUT2D eigenvalue weighted by atomic mass is 16.2. The summed E-state index contributed by atoms with van der Waals surface area (Å²) in [6.07, 6.45) is 7.72. The Morgan fingerprint density at radius 2 is 2.03 bits per heavy atom. The fourth-order valence-corrected chi connectivity index (χ4v) is 3.58. The van der Waals surface area contributed by atoms with Gasteiger partial charge in [-0.25, -0.2) is 4.98 Å². The van der Waals surface area contributed by atoms with Crippen LogP contribution in [0.5, 0.6) is 0 Å². The molecule has 1 saturated heterocycles. The van der Waals surface area contributed by atoms with Crippen molar-refractivity contribution in [1.29, 1.82) is 0 Å². The predicted molar refractivity (Wildman–Crippen MR) is 111 cm³/mol. The highest BCUT2D eigenvalue weighted by Crippen LogP contribution is 2.18. The number of aryl methyl sites for hydroxylation is 1. The molecule has 4 heterocycles. The first kappa shape index (κ1) is 19.0. The second-order valence-corrected chi connectivity index (χ2v) is 7.09. The first-order valence-corrected chi connectivity index (χ1v) is 10.0. The van der Waals surface area contributed by atoms with Gasteiger partial charge in [-0.05, 0) is 31.9 Å². The number of anilines is 1. The molecule has 3 aromatic heterocycles. The standard InChI is InChI=1S/C21H24N6O2/c1-2-26-14-17(20(29)23-10-8-15-7-3-4-9-22-15)18(28)16-13-24-21(25-19(16)26)27-11-5-6-12-27/h3-4,7,9,13-14H,2,5-6,8,10-12H2,1H3,(H,23,29). The minimum absolute atomic E-state index is 0.109. The largest absolute Gasteiger partial charge is 0.351 e. The van der Waals surface area contributed by atoms with Gasteiger partial charge in [0.1, 0.15) is 11.2 Å². The lowest BCUT2D eigenvalue weighted by atomic mass is 10.2. The number of fused-ring (bicyclic) bond motifs is 1. The smallest absolute Gasteiger partial charge is 0.256 e. The molecule has 1 aliphatic rings. The lowest BCUT2D eigenvalue weighted by Crippen LogP contribution is -2.31. The van der Waals surface area contributed by atoms with Crippen molar-refractivity contribution in [1.82, 2.24) is 24.8 Å². The van der Waals surface area contributed by atoms with Crippen molar-refractivity contribution in [2.45, 2.75) is 32.7 Å². The van der Waals surface area contributed by atoms with Gasteiger partial charge in [0.15, 0.2) is 0 Å². The molecule has 0 saturated carbocycles. The molecule has 1 N–H and O–H groups in total. The summed E-state index contributed by atoms with van der Waals surface area (Å²) >= 11 is 0. The maximum atomic E-state index is 12.9. The molecule has 0 radical (unpaired) electrons. The number of carbonyl (C=O) groups is 1. The van der Waals surface area contributed by atoms with Gasteiger partial charge in [0.2, 0.25) is 11.4 Å². The number of rotatable bonds is 6. The number of hydrogen-bond donors (Lipinski definition) is 1. The van der Waals surface area contributed by atoms with Gasteiger partial charge in [-0.15, -0.1) is 0 Å². The van der Waals surface area contributed by atoms with Crippen molar-refractivity contribution in [3.05, 3.63) is 58.3 Å². The van der Waals surface area contributed by atoms with E-state index in [1.165, 1.54) is 0 Å². The molecule has 1 amide bonds. The Kier molecular flexibility index (Phi) is 5.50. The first-order valence-electron chi connectivity index (χ1n) is 10.0. The van der Waals surface area contributed by atoms with Gasteiger partial charge < -0.3 is 14.8 Å².